The molecule has 1 amide bonds. The smallest absolute Gasteiger partial charge is 0.251 e. The van der Waals surface area contributed by atoms with E-state index in [0.29, 0.717) is 6.54 Å². The Labute approximate surface area is 115 Å². The van der Waals surface area contributed by atoms with Crippen molar-refractivity contribution in [1.29, 1.82) is 0 Å². The number of fused-ring (bicyclic) bond motifs is 1. The van der Waals surface area contributed by atoms with Gasteiger partial charge in [0.25, 0.3) is 5.91 Å². The molecule has 2 N–H and O–H groups in total. The number of hydrogen-bond donors (Lipinski definition) is 2. The largest absolute Gasteiger partial charge is 0.361 e. The molecule has 2 aromatic heterocycles. The number of aromatic nitrogens is 1. The van der Waals surface area contributed by atoms with E-state index in [4.69, 9.17) is 0 Å². The number of amides is 1. The molecule has 0 saturated heterocycles. The molecular formula is C15H14N2OS. The highest BCUT2D eigenvalue weighted by molar-refractivity contribution is 7.07. The maximum absolute atomic E-state index is 12.2. The molecule has 4 heteroatoms. The van der Waals surface area contributed by atoms with Crippen LogP contribution in [0.4, 0.5) is 0 Å². The van der Waals surface area contributed by atoms with Gasteiger partial charge in [0, 0.05) is 29.2 Å². The first kappa shape index (κ1) is 12.0. The van der Waals surface area contributed by atoms with Gasteiger partial charge in [-0.05, 0) is 47.0 Å². The fraction of sp³-hybridized carbons (Fsp3) is 0.133. The second-order valence-electron chi connectivity index (χ2n) is 4.38. The van der Waals surface area contributed by atoms with Crippen LogP contribution in [0.1, 0.15) is 15.9 Å². The number of H-pyrrole nitrogens is 1. The van der Waals surface area contributed by atoms with Gasteiger partial charge in [0.05, 0.1) is 0 Å². The molecule has 3 nitrogen and oxygen atoms in total. The number of carbonyl (C=O) groups is 1. The van der Waals surface area contributed by atoms with Gasteiger partial charge in [-0.1, -0.05) is 6.07 Å². The zero-order valence-corrected chi connectivity index (χ0v) is 11.2. The van der Waals surface area contributed by atoms with Crippen molar-refractivity contribution in [3.8, 4) is 0 Å². The third-order valence-corrected chi connectivity index (χ3v) is 3.85. The molecule has 3 aromatic rings. The highest BCUT2D eigenvalue weighted by atomic mass is 32.1. The first-order chi connectivity index (χ1) is 9.34. The maximum Gasteiger partial charge on any atom is 0.251 e. The van der Waals surface area contributed by atoms with Crippen molar-refractivity contribution in [3.05, 3.63) is 58.4 Å². The van der Waals surface area contributed by atoms with Crippen LogP contribution in [0.5, 0.6) is 0 Å². The third-order valence-electron chi connectivity index (χ3n) is 3.12. The van der Waals surface area contributed by atoms with E-state index >= 15 is 0 Å². The van der Waals surface area contributed by atoms with E-state index in [1.807, 2.05) is 30.5 Å². The number of benzene rings is 1. The minimum atomic E-state index is -0.0135. The van der Waals surface area contributed by atoms with Gasteiger partial charge in [-0.25, -0.2) is 0 Å². The fourth-order valence-corrected chi connectivity index (χ4v) is 2.84. The molecule has 1 aromatic carbocycles. The van der Waals surface area contributed by atoms with Crippen molar-refractivity contribution < 1.29 is 4.79 Å². The molecular weight excluding hydrogens is 256 g/mol. The summed E-state index contributed by atoms with van der Waals surface area (Å²) in [6, 6.07) is 9.74. The summed E-state index contributed by atoms with van der Waals surface area (Å²) in [6.07, 6.45) is 2.73. The van der Waals surface area contributed by atoms with Gasteiger partial charge in [-0.2, -0.15) is 11.3 Å². The Morgan fingerprint density at radius 2 is 2.21 bits per heavy atom. The highest BCUT2D eigenvalue weighted by Gasteiger charge is 2.09. The zero-order valence-electron chi connectivity index (χ0n) is 10.3. The Balaban J connectivity index is 1.68. The van der Waals surface area contributed by atoms with Gasteiger partial charge in [0.2, 0.25) is 0 Å². The first-order valence-corrected chi connectivity index (χ1v) is 7.14. The molecule has 0 aliphatic rings. The molecule has 0 fully saturated rings. The van der Waals surface area contributed by atoms with E-state index in [1.54, 1.807) is 11.3 Å². The molecule has 0 unspecified atom stereocenters. The van der Waals surface area contributed by atoms with Crippen molar-refractivity contribution in [1.82, 2.24) is 10.3 Å². The summed E-state index contributed by atoms with van der Waals surface area (Å²) in [6.45, 7) is 0.663. The SMILES string of the molecule is O=C(NCCc1ccsc1)c1cccc2[nH]ccc12. The molecule has 0 saturated carbocycles. The van der Waals surface area contributed by atoms with E-state index in [-0.39, 0.29) is 5.91 Å². The molecule has 2 heterocycles. The minimum absolute atomic E-state index is 0.0135. The van der Waals surface area contributed by atoms with Crippen LogP contribution < -0.4 is 5.32 Å². The Hall–Kier alpha value is -2.07. The summed E-state index contributed by atoms with van der Waals surface area (Å²) in [4.78, 5) is 15.3. The van der Waals surface area contributed by atoms with Crippen LogP contribution in [0.25, 0.3) is 10.9 Å². The van der Waals surface area contributed by atoms with Crippen molar-refractivity contribution in [2.24, 2.45) is 0 Å². The second kappa shape index (κ2) is 5.28. The summed E-state index contributed by atoms with van der Waals surface area (Å²) in [5, 5.41) is 8.10. The first-order valence-electron chi connectivity index (χ1n) is 6.20. The molecule has 3 rings (SSSR count). The number of hydrogen-bond acceptors (Lipinski definition) is 2. The fourth-order valence-electron chi connectivity index (χ4n) is 2.13. The Kier molecular flexibility index (Phi) is 3.33. The molecule has 0 bridgehead atoms. The summed E-state index contributed by atoms with van der Waals surface area (Å²) >= 11 is 1.68. The van der Waals surface area contributed by atoms with Gasteiger partial charge in [0.15, 0.2) is 0 Å². The van der Waals surface area contributed by atoms with Crippen molar-refractivity contribution >= 4 is 28.1 Å². The summed E-state index contributed by atoms with van der Waals surface area (Å²) in [7, 11) is 0. The standard InChI is InChI=1S/C15H14N2OS/c18-15(17-7-4-11-6-9-19-10-11)13-2-1-3-14-12(13)5-8-16-14/h1-3,5-6,8-10,16H,4,7H2,(H,17,18). The lowest BCUT2D eigenvalue weighted by molar-refractivity contribution is 0.0956. The van der Waals surface area contributed by atoms with Crippen LogP contribution in [0.2, 0.25) is 0 Å². The molecule has 19 heavy (non-hydrogen) atoms. The van der Waals surface area contributed by atoms with Gasteiger partial charge < -0.3 is 10.3 Å². The molecule has 0 aliphatic heterocycles. The summed E-state index contributed by atoms with van der Waals surface area (Å²) < 4.78 is 0. The van der Waals surface area contributed by atoms with Gasteiger partial charge in [-0.15, -0.1) is 0 Å². The van der Waals surface area contributed by atoms with Crippen molar-refractivity contribution in [3.63, 3.8) is 0 Å². The summed E-state index contributed by atoms with van der Waals surface area (Å²) in [5.41, 5.74) is 2.99. The highest BCUT2D eigenvalue weighted by Crippen LogP contribution is 2.17. The van der Waals surface area contributed by atoms with Crippen LogP contribution in [0.3, 0.4) is 0 Å². The minimum Gasteiger partial charge on any atom is -0.361 e. The lowest BCUT2D eigenvalue weighted by Crippen LogP contribution is -2.25. The number of nitrogens with one attached hydrogen (secondary N) is 2. The number of rotatable bonds is 4. The average molecular weight is 270 g/mol. The van der Waals surface area contributed by atoms with E-state index < -0.39 is 0 Å². The van der Waals surface area contributed by atoms with Gasteiger partial charge >= 0.3 is 0 Å². The Bertz CT molecular complexity index is 685. The topological polar surface area (TPSA) is 44.9 Å². The Morgan fingerprint density at radius 1 is 1.26 bits per heavy atom. The number of thiophene rings is 1. The van der Waals surface area contributed by atoms with Crippen LogP contribution in [-0.4, -0.2) is 17.4 Å². The monoisotopic (exact) mass is 270 g/mol. The molecule has 0 radical (unpaired) electrons. The van der Waals surface area contributed by atoms with Crippen LogP contribution in [-0.2, 0) is 6.42 Å². The zero-order chi connectivity index (χ0) is 13.1. The van der Waals surface area contributed by atoms with Crippen LogP contribution >= 0.6 is 11.3 Å². The Morgan fingerprint density at radius 3 is 3.05 bits per heavy atom. The molecule has 0 atom stereocenters. The van der Waals surface area contributed by atoms with Crippen LogP contribution in [0, 0.1) is 0 Å². The van der Waals surface area contributed by atoms with Crippen LogP contribution in [0.15, 0.2) is 47.3 Å². The quantitative estimate of drug-likeness (QED) is 0.751. The molecule has 0 aliphatic carbocycles. The number of aromatic amines is 1. The lowest BCUT2D eigenvalue weighted by Gasteiger charge is -2.05. The predicted octanol–water partition coefficient (Wildman–Crippen LogP) is 3.20. The van der Waals surface area contributed by atoms with Crippen molar-refractivity contribution in [2.75, 3.05) is 6.54 Å². The van der Waals surface area contributed by atoms with Gasteiger partial charge in [-0.3, -0.25) is 4.79 Å². The predicted molar refractivity (Wildman–Crippen MR) is 78.7 cm³/mol. The summed E-state index contributed by atoms with van der Waals surface area (Å²) in [5.74, 6) is -0.0135. The average Bonchev–Trinajstić information content (AvgIpc) is 3.08. The maximum atomic E-state index is 12.2. The molecule has 0 spiro atoms. The molecule has 96 valence electrons. The van der Waals surface area contributed by atoms with E-state index in [9.17, 15) is 4.79 Å². The lowest BCUT2D eigenvalue weighted by atomic mass is 10.1. The van der Waals surface area contributed by atoms with E-state index in [0.717, 1.165) is 22.9 Å². The number of carbonyl (C=O) groups excluding carboxylic acids is 1. The van der Waals surface area contributed by atoms with Crippen molar-refractivity contribution in [2.45, 2.75) is 6.42 Å². The third kappa shape index (κ3) is 2.53. The van der Waals surface area contributed by atoms with E-state index in [2.05, 4.69) is 27.1 Å². The van der Waals surface area contributed by atoms with E-state index in [1.165, 1.54) is 5.56 Å². The normalized spacial score (nSPS) is 10.7. The second-order valence-corrected chi connectivity index (χ2v) is 5.16. The van der Waals surface area contributed by atoms with Gasteiger partial charge in [0.1, 0.15) is 0 Å².